The maximum atomic E-state index is 12.1. The van der Waals surface area contributed by atoms with Crippen molar-refractivity contribution in [3.63, 3.8) is 0 Å². The molecule has 0 unspecified atom stereocenters. The minimum atomic E-state index is 0.0347. The van der Waals surface area contributed by atoms with Crippen LogP contribution in [0.1, 0.15) is 23.2 Å². The maximum absolute atomic E-state index is 12.1. The van der Waals surface area contributed by atoms with Crippen LogP contribution in [0.3, 0.4) is 0 Å². The van der Waals surface area contributed by atoms with Gasteiger partial charge in [0.05, 0.1) is 5.02 Å². The summed E-state index contributed by atoms with van der Waals surface area (Å²) >= 11 is 11.8. The van der Waals surface area contributed by atoms with Crippen LogP contribution < -0.4 is 0 Å². The Morgan fingerprint density at radius 2 is 1.94 bits per heavy atom. The maximum Gasteiger partial charge on any atom is 0.167 e. The molecule has 0 N–H and O–H groups in total. The van der Waals surface area contributed by atoms with Gasteiger partial charge in [-0.3, -0.25) is 4.79 Å². The van der Waals surface area contributed by atoms with E-state index in [0.29, 0.717) is 28.8 Å². The zero-order valence-corrected chi connectivity index (χ0v) is 10.2. The summed E-state index contributed by atoms with van der Waals surface area (Å²) in [6.45, 7) is 1.31. The zero-order valence-electron chi connectivity index (χ0n) is 8.71. The molecule has 0 aliphatic carbocycles. The molecule has 1 aliphatic rings. The number of hydrogen-bond acceptors (Lipinski definition) is 2. The number of hydrogen-bond donors (Lipinski definition) is 0. The van der Waals surface area contributed by atoms with Crippen molar-refractivity contribution >= 4 is 29.0 Å². The Morgan fingerprint density at radius 3 is 2.56 bits per heavy atom. The molecule has 2 nitrogen and oxygen atoms in total. The van der Waals surface area contributed by atoms with Crippen LogP contribution >= 0.6 is 23.2 Å². The summed E-state index contributed by atoms with van der Waals surface area (Å²) < 4.78 is 5.23. The van der Waals surface area contributed by atoms with Gasteiger partial charge in [0.25, 0.3) is 0 Å². The number of carbonyl (C=O) groups excluding carboxylic acids is 1. The van der Waals surface area contributed by atoms with Gasteiger partial charge in [0.15, 0.2) is 5.78 Å². The highest BCUT2D eigenvalue weighted by Crippen LogP contribution is 2.26. The summed E-state index contributed by atoms with van der Waals surface area (Å²) in [5.41, 5.74) is 0.568. The molecule has 0 aromatic heterocycles. The molecule has 1 aromatic carbocycles. The molecule has 0 bridgehead atoms. The highest BCUT2D eigenvalue weighted by molar-refractivity contribution is 6.36. The van der Waals surface area contributed by atoms with Crippen LogP contribution in [0, 0.1) is 5.92 Å². The van der Waals surface area contributed by atoms with E-state index in [4.69, 9.17) is 27.9 Å². The molecule has 0 saturated carbocycles. The molecule has 0 atom stereocenters. The van der Waals surface area contributed by atoms with Crippen molar-refractivity contribution in [1.29, 1.82) is 0 Å². The van der Waals surface area contributed by atoms with Gasteiger partial charge in [-0.05, 0) is 31.0 Å². The SMILES string of the molecule is O=C(c1ccc(Cl)cc1Cl)C1CCOCC1. The average molecular weight is 259 g/mol. The lowest BCUT2D eigenvalue weighted by Crippen LogP contribution is -2.23. The lowest BCUT2D eigenvalue weighted by molar-refractivity contribution is 0.0545. The van der Waals surface area contributed by atoms with E-state index in [2.05, 4.69) is 0 Å². The van der Waals surface area contributed by atoms with E-state index in [1.807, 2.05) is 0 Å². The Hall–Kier alpha value is -0.570. The third-order valence-corrected chi connectivity index (χ3v) is 3.34. The quantitative estimate of drug-likeness (QED) is 0.758. The molecular weight excluding hydrogens is 247 g/mol. The van der Waals surface area contributed by atoms with Crippen molar-refractivity contribution in [3.05, 3.63) is 33.8 Å². The molecule has 1 aliphatic heterocycles. The Morgan fingerprint density at radius 1 is 1.25 bits per heavy atom. The molecule has 0 radical (unpaired) electrons. The summed E-state index contributed by atoms with van der Waals surface area (Å²) in [6.07, 6.45) is 1.55. The topological polar surface area (TPSA) is 26.3 Å². The van der Waals surface area contributed by atoms with Crippen LogP contribution in [0.4, 0.5) is 0 Å². The largest absolute Gasteiger partial charge is 0.381 e. The third-order valence-electron chi connectivity index (χ3n) is 2.79. The molecule has 0 spiro atoms. The second kappa shape index (κ2) is 5.17. The molecule has 16 heavy (non-hydrogen) atoms. The molecule has 1 heterocycles. The fraction of sp³-hybridized carbons (Fsp3) is 0.417. The average Bonchev–Trinajstić information content (AvgIpc) is 2.29. The van der Waals surface area contributed by atoms with Crippen LogP contribution in [0.5, 0.6) is 0 Å². The predicted molar refractivity (Wildman–Crippen MR) is 64.3 cm³/mol. The summed E-state index contributed by atoms with van der Waals surface area (Å²) in [7, 11) is 0. The van der Waals surface area contributed by atoms with Crippen LogP contribution in [0.15, 0.2) is 18.2 Å². The Kier molecular flexibility index (Phi) is 3.85. The molecular formula is C12H12Cl2O2. The van der Waals surface area contributed by atoms with E-state index < -0.39 is 0 Å². The van der Waals surface area contributed by atoms with Crippen LogP contribution in [-0.4, -0.2) is 19.0 Å². The number of ketones is 1. The minimum absolute atomic E-state index is 0.0347. The molecule has 0 amide bonds. The van der Waals surface area contributed by atoms with E-state index in [-0.39, 0.29) is 11.7 Å². The Bertz CT molecular complexity index is 398. The molecule has 1 aromatic rings. The lowest BCUT2D eigenvalue weighted by atomic mass is 9.91. The van der Waals surface area contributed by atoms with E-state index in [0.717, 1.165) is 12.8 Å². The van der Waals surface area contributed by atoms with Gasteiger partial charge < -0.3 is 4.74 Å². The van der Waals surface area contributed by atoms with Crippen molar-refractivity contribution < 1.29 is 9.53 Å². The fourth-order valence-electron chi connectivity index (χ4n) is 1.87. The van der Waals surface area contributed by atoms with E-state index in [1.54, 1.807) is 18.2 Å². The summed E-state index contributed by atoms with van der Waals surface area (Å²) in [5.74, 6) is 0.136. The molecule has 2 rings (SSSR count). The molecule has 4 heteroatoms. The van der Waals surface area contributed by atoms with Gasteiger partial charge in [0.2, 0.25) is 0 Å². The van der Waals surface area contributed by atoms with Crippen molar-refractivity contribution in [2.45, 2.75) is 12.8 Å². The minimum Gasteiger partial charge on any atom is -0.381 e. The first-order chi connectivity index (χ1) is 7.68. The summed E-state index contributed by atoms with van der Waals surface area (Å²) in [4.78, 5) is 12.1. The van der Waals surface area contributed by atoms with Crippen molar-refractivity contribution in [2.24, 2.45) is 5.92 Å². The summed E-state index contributed by atoms with van der Waals surface area (Å²) in [6, 6.07) is 5.00. The first kappa shape index (κ1) is 11.9. The van der Waals surface area contributed by atoms with Gasteiger partial charge in [0, 0.05) is 29.7 Å². The predicted octanol–water partition coefficient (Wildman–Crippen LogP) is 3.60. The van der Waals surface area contributed by atoms with Gasteiger partial charge in [0.1, 0.15) is 0 Å². The zero-order chi connectivity index (χ0) is 11.5. The number of ether oxygens (including phenoxy) is 1. The highest BCUT2D eigenvalue weighted by Gasteiger charge is 2.24. The first-order valence-corrected chi connectivity index (χ1v) is 6.01. The van der Waals surface area contributed by atoms with E-state index in [1.165, 1.54) is 0 Å². The fourth-order valence-corrected chi connectivity index (χ4v) is 2.37. The standard InChI is InChI=1S/C12H12Cl2O2/c13-9-1-2-10(11(14)7-9)12(15)8-3-5-16-6-4-8/h1-2,7-8H,3-6H2. The van der Waals surface area contributed by atoms with Gasteiger partial charge in [-0.25, -0.2) is 0 Å². The number of halogens is 2. The van der Waals surface area contributed by atoms with E-state index in [9.17, 15) is 4.79 Å². The smallest absolute Gasteiger partial charge is 0.167 e. The van der Waals surface area contributed by atoms with E-state index >= 15 is 0 Å². The number of Topliss-reactive ketones (excluding diaryl/α,β-unsaturated/α-hetero) is 1. The highest BCUT2D eigenvalue weighted by atomic mass is 35.5. The second-order valence-corrected chi connectivity index (χ2v) is 4.72. The monoisotopic (exact) mass is 258 g/mol. The van der Waals surface area contributed by atoms with Crippen molar-refractivity contribution in [1.82, 2.24) is 0 Å². The lowest BCUT2D eigenvalue weighted by Gasteiger charge is -2.21. The third kappa shape index (κ3) is 2.57. The molecule has 1 fully saturated rings. The summed E-state index contributed by atoms with van der Waals surface area (Å²) in [5, 5.41) is 0.984. The van der Waals surface area contributed by atoms with Crippen molar-refractivity contribution in [3.8, 4) is 0 Å². The van der Waals surface area contributed by atoms with Crippen LogP contribution in [0.25, 0.3) is 0 Å². The van der Waals surface area contributed by atoms with Gasteiger partial charge in [-0.15, -0.1) is 0 Å². The molecule has 86 valence electrons. The second-order valence-electron chi connectivity index (χ2n) is 3.88. The van der Waals surface area contributed by atoms with Crippen LogP contribution in [-0.2, 0) is 4.74 Å². The van der Waals surface area contributed by atoms with Gasteiger partial charge in [-0.1, -0.05) is 23.2 Å². The number of benzene rings is 1. The number of carbonyl (C=O) groups is 1. The van der Waals surface area contributed by atoms with Gasteiger partial charge in [-0.2, -0.15) is 0 Å². The number of rotatable bonds is 2. The van der Waals surface area contributed by atoms with Crippen molar-refractivity contribution in [2.75, 3.05) is 13.2 Å². The molecule has 1 saturated heterocycles. The van der Waals surface area contributed by atoms with Gasteiger partial charge >= 0.3 is 0 Å². The normalized spacial score (nSPS) is 17.4. The Balaban J connectivity index is 2.19. The van der Waals surface area contributed by atoms with Crippen LogP contribution in [0.2, 0.25) is 10.0 Å². The first-order valence-electron chi connectivity index (χ1n) is 5.25. The Labute approximate surface area is 104 Å².